The maximum atomic E-state index is 12.7. The van der Waals surface area contributed by atoms with Crippen LogP contribution in [0.15, 0.2) is 24.3 Å². The molecule has 2 amide bonds. The number of hydrogen-bond donors (Lipinski definition) is 1. The number of piperazine rings is 1. The number of benzene rings is 1. The average Bonchev–Trinajstić information content (AvgIpc) is 2.59. The molecule has 1 atom stereocenters. The minimum Gasteiger partial charge on any atom is -0.338 e. The van der Waals surface area contributed by atoms with Gasteiger partial charge in [0.25, 0.3) is 5.91 Å². The van der Waals surface area contributed by atoms with Crippen LogP contribution >= 0.6 is 12.4 Å². The SMILES string of the molecule is CC(C)[C@H](N)C(=O)N1CCN(C(=O)c2ccc(C(C)(C)C)cc2)CC1.Cl. The number of hydrogen-bond acceptors (Lipinski definition) is 3. The molecule has 0 aromatic heterocycles. The van der Waals surface area contributed by atoms with Gasteiger partial charge in [0.1, 0.15) is 0 Å². The summed E-state index contributed by atoms with van der Waals surface area (Å²) >= 11 is 0. The molecule has 0 spiro atoms. The second-order valence-corrected chi connectivity index (χ2v) is 8.21. The summed E-state index contributed by atoms with van der Waals surface area (Å²) in [5, 5.41) is 0. The number of amides is 2. The van der Waals surface area contributed by atoms with Gasteiger partial charge in [0, 0.05) is 31.7 Å². The Kier molecular flexibility index (Phi) is 7.66. The summed E-state index contributed by atoms with van der Waals surface area (Å²) in [6.07, 6.45) is 0. The molecule has 26 heavy (non-hydrogen) atoms. The van der Waals surface area contributed by atoms with Crippen molar-refractivity contribution in [2.45, 2.75) is 46.1 Å². The van der Waals surface area contributed by atoms with Crippen LogP contribution in [0.3, 0.4) is 0 Å². The molecule has 2 rings (SSSR count). The van der Waals surface area contributed by atoms with E-state index in [0.29, 0.717) is 31.7 Å². The van der Waals surface area contributed by atoms with Crippen molar-refractivity contribution in [2.75, 3.05) is 26.2 Å². The second-order valence-electron chi connectivity index (χ2n) is 8.21. The molecule has 0 saturated carbocycles. The standard InChI is InChI=1S/C20H31N3O2.ClH/c1-14(2)17(21)19(25)23-12-10-22(11-13-23)18(24)15-6-8-16(9-7-15)20(3,4)5;/h6-9,14,17H,10-13,21H2,1-5H3;1H/t17-;/m0./s1. The Balaban J connectivity index is 0.00000338. The fourth-order valence-electron chi connectivity index (χ4n) is 2.92. The number of rotatable bonds is 3. The van der Waals surface area contributed by atoms with Crippen LogP contribution < -0.4 is 5.73 Å². The summed E-state index contributed by atoms with van der Waals surface area (Å²) in [4.78, 5) is 28.6. The van der Waals surface area contributed by atoms with E-state index in [9.17, 15) is 9.59 Å². The number of nitrogens with two attached hydrogens (primary N) is 1. The monoisotopic (exact) mass is 381 g/mol. The Bertz CT molecular complexity index is 615. The van der Waals surface area contributed by atoms with Gasteiger partial charge in [-0.25, -0.2) is 0 Å². The maximum absolute atomic E-state index is 12.7. The maximum Gasteiger partial charge on any atom is 0.253 e. The van der Waals surface area contributed by atoms with Crippen molar-refractivity contribution in [2.24, 2.45) is 11.7 Å². The van der Waals surface area contributed by atoms with Crippen LogP contribution in [0.2, 0.25) is 0 Å². The minimum absolute atomic E-state index is 0. The zero-order valence-corrected chi connectivity index (χ0v) is 17.3. The van der Waals surface area contributed by atoms with Crippen molar-refractivity contribution in [3.8, 4) is 0 Å². The molecule has 0 bridgehead atoms. The molecule has 1 aliphatic heterocycles. The van der Waals surface area contributed by atoms with Crippen molar-refractivity contribution < 1.29 is 9.59 Å². The number of carbonyl (C=O) groups is 2. The van der Waals surface area contributed by atoms with Crippen LogP contribution in [0, 0.1) is 5.92 Å². The highest BCUT2D eigenvalue weighted by Gasteiger charge is 2.28. The molecule has 5 nitrogen and oxygen atoms in total. The molecule has 1 heterocycles. The zero-order valence-electron chi connectivity index (χ0n) is 16.5. The molecular formula is C20H32ClN3O2. The molecule has 1 aromatic carbocycles. The topological polar surface area (TPSA) is 66.6 Å². The molecule has 2 N–H and O–H groups in total. The summed E-state index contributed by atoms with van der Waals surface area (Å²) in [6, 6.07) is 7.38. The van der Waals surface area contributed by atoms with E-state index in [4.69, 9.17) is 5.73 Å². The predicted molar refractivity (Wildman–Crippen MR) is 108 cm³/mol. The van der Waals surface area contributed by atoms with E-state index >= 15 is 0 Å². The van der Waals surface area contributed by atoms with Crippen LogP contribution in [0.5, 0.6) is 0 Å². The first-order valence-corrected chi connectivity index (χ1v) is 9.05. The number of nitrogens with zero attached hydrogens (tertiary/aromatic N) is 2. The van der Waals surface area contributed by atoms with E-state index in [0.717, 1.165) is 0 Å². The summed E-state index contributed by atoms with van der Waals surface area (Å²) < 4.78 is 0. The van der Waals surface area contributed by atoms with E-state index in [2.05, 4.69) is 20.8 Å². The third-order valence-electron chi connectivity index (χ3n) is 4.88. The summed E-state index contributed by atoms with van der Waals surface area (Å²) in [5.74, 6) is 0.130. The lowest BCUT2D eigenvalue weighted by Gasteiger charge is -2.36. The number of halogens is 1. The normalized spacial score (nSPS) is 16.3. The molecule has 0 radical (unpaired) electrons. The van der Waals surface area contributed by atoms with Gasteiger partial charge < -0.3 is 15.5 Å². The Labute approximate surface area is 163 Å². The summed E-state index contributed by atoms with van der Waals surface area (Å²) in [7, 11) is 0. The largest absolute Gasteiger partial charge is 0.338 e. The second kappa shape index (κ2) is 8.87. The van der Waals surface area contributed by atoms with Crippen molar-refractivity contribution in [1.82, 2.24) is 9.80 Å². The fraction of sp³-hybridized carbons (Fsp3) is 0.600. The molecule has 1 aromatic rings. The lowest BCUT2D eigenvalue weighted by molar-refractivity contribution is -0.135. The van der Waals surface area contributed by atoms with Crippen LogP contribution in [0.1, 0.15) is 50.5 Å². The predicted octanol–water partition coefficient (Wildman–Crippen LogP) is 2.67. The first kappa shape index (κ1) is 22.5. The van der Waals surface area contributed by atoms with Gasteiger partial charge in [0.2, 0.25) is 5.91 Å². The van der Waals surface area contributed by atoms with Gasteiger partial charge >= 0.3 is 0 Å². The van der Waals surface area contributed by atoms with E-state index in [1.807, 2.05) is 43.0 Å². The Morgan fingerprint density at radius 1 is 0.962 bits per heavy atom. The first-order valence-electron chi connectivity index (χ1n) is 9.05. The van der Waals surface area contributed by atoms with Crippen molar-refractivity contribution >= 4 is 24.2 Å². The molecule has 1 fully saturated rings. The Morgan fingerprint density at radius 2 is 1.42 bits per heavy atom. The van der Waals surface area contributed by atoms with Crippen molar-refractivity contribution in [1.29, 1.82) is 0 Å². The van der Waals surface area contributed by atoms with Crippen LogP contribution in [-0.2, 0) is 10.2 Å². The van der Waals surface area contributed by atoms with Crippen molar-refractivity contribution in [3.63, 3.8) is 0 Å². The molecule has 1 saturated heterocycles. The Hall–Kier alpha value is -1.59. The van der Waals surface area contributed by atoms with Crippen molar-refractivity contribution in [3.05, 3.63) is 35.4 Å². The Morgan fingerprint density at radius 3 is 1.85 bits per heavy atom. The third kappa shape index (κ3) is 5.21. The smallest absolute Gasteiger partial charge is 0.253 e. The van der Waals surface area contributed by atoms with Gasteiger partial charge in [-0.05, 0) is 29.0 Å². The molecule has 146 valence electrons. The van der Waals surface area contributed by atoms with Gasteiger partial charge in [-0.3, -0.25) is 9.59 Å². The lowest BCUT2D eigenvalue weighted by atomic mass is 9.86. The fourth-order valence-corrected chi connectivity index (χ4v) is 2.92. The van der Waals surface area contributed by atoms with Crippen LogP contribution in [0.25, 0.3) is 0 Å². The first-order chi connectivity index (χ1) is 11.6. The third-order valence-corrected chi connectivity index (χ3v) is 4.88. The molecular weight excluding hydrogens is 350 g/mol. The van der Waals surface area contributed by atoms with Gasteiger partial charge in [0.05, 0.1) is 6.04 Å². The zero-order chi connectivity index (χ0) is 18.8. The highest BCUT2D eigenvalue weighted by molar-refractivity contribution is 5.94. The highest BCUT2D eigenvalue weighted by atomic mass is 35.5. The van der Waals surface area contributed by atoms with Gasteiger partial charge in [-0.1, -0.05) is 46.8 Å². The van der Waals surface area contributed by atoms with Gasteiger partial charge in [0.15, 0.2) is 0 Å². The van der Waals surface area contributed by atoms with E-state index < -0.39 is 6.04 Å². The number of carbonyl (C=O) groups excluding carboxylic acids is 2. The summed E-state index contributed by atoms with van der Waals surface area (Å²) in [5.41, 5.74) is 7.94. The highest BCUT2D eigenvalue weighted by Crippen LogP contribution is 2.22. The van der Waals surface area contributed by atoms with Gasteiger partial charge in [-0.15, -0.1) is 12.4 Å². The minimum atomic E-state index is -0.466. The quantitative estimate of drug-likeness (QED) is 0.875. The van der Waals surface area contributed by atoms with Crippen LogP contribution in [-0.4, -0.2) is 53.8 Å². The summed E-state index contributed by atoms with van der Waals surface area (Å²) in [6.45, 7) is 12.6. The molecule has 1 aliphatic rings. The van der Waals surface area contributed by atoms with Gasteiger partial charge in [-0.2, -0.15) is 0 Å². The lowest BCUT2D eigenvalue weighted by Crippen LogP contribution is -2.55. The molecule has 6 heteroatoms. The average molecular weight is 382 g/mol. The van der Waals surface area contributed by atoms with Crippen LogP contribution in [0.4, 0.5) is 0 Å². The molecule has 0 unspecified atom stereocenters. The molecule has 0 aliphatic carbocycles. The van der Waals surface area contributed by atoms with E-state index in [1.165, 1.54) is 5.56 Å². The van der Waals surface area contributed by atoms with E-state index in [1.54, 1.807) is 4.90 Å². The van der Waals surface area contributed by atoms with E-state index in [-0.39, 0.29) is 35.6 Å².